The molecule has 0 unspecified atom stereocenters. The van der Waals surface area contributed by atoms with Gasteiger partial charge in [0.05, 0.1) is 31.2 Å². The highest BCUT2D eigenvalue weighted by Gasteiger charge is 2.44. The Balaban J connectivity index is 1.54. The predicted molar refractivity (Wildman–Crippen MR) is 108 cm³/mol. The fourth-order valence-corrected chi connectivity index (χ4v) is 4.76. The van der Waals surface area contributed by atoms with Gasteiger partial charge in [-0.2, -0.15) is 18.3 Å². The molecule has 0 spiro atoms. The number of nitrogens with one attached hydrogen (secondary N) is 1. The molecule has 1 fully saturated rings. The SMILES string of the molecule is O=C1N[C@H](C(F)(F)F)COc2ncc(F)cc2CN2c3nc4c1cnn4cc3O[C@H]1CCC[C@H]12. The summed E-state index contributed by atoms with van der Waals surface area (Å²) in [7, 11) is 0. The standard InChI is InChI=1S/C21H18F4N6O3/c22-11-4-10-7-30-13-2-1-3-14(13)34-15-8-31-17(29-18(15)30)12(6-27-31)19(32)28-16(21(23,24)25)9-33-20(10)26-5-11/h4-6,8,13-14,16H,1-3,7,9H2,(H,28,32)/t13-,14+,16+/m1/s1. The first-order chi connectivity index (χ1) is 16.3. The van der Waals surface area contributed by atoms with Crippen LogP contribution < -0.4 is 19.7 Å². The van der Waals surface area contributed by atoms with Gasteiger partial charge in [-0.25, -0.2) is 18.9 Å². The average molecular weight is 478 g/mol. The lowest BCUT2D eigenvalue weighted by Crippen LogP contribution is -2.49. The van der Waals surface area contributed by atoms with Crippen LogP contribution in [0.15, 0.2) is 24.7 Å². The van der Waals surface area contributed by atoms with Crippen LogP contribution in [0.4, 0.5) is 23.4 Å². The smallest absolute Gasteiger partial charge is 0.411 e. The maximum absolute atomic E-state index is 14.1. The van der Waals surface area contributed by atoms with E-state index in [0.717, 1.165) is 31.7 Å². The molecule has 5 heterocycles. The number of aromatic nitrogens is 4. The Kier molecular flexibility index (Phi) is 4.58. The summed E-state index contributed by atoms with van der Waals surface area (Å²) in [6.07, 6.45) is 1.16. The van der Waals surface area contributed by atoms with Crippen LogP contribution in [0.1, 0.15) is 35.2 Å². The second-order valence-electron chi connectivity index (χ2n) is 8.53. The monoisotopic (exact) mass is 478 g/mol. The highest BCUT2D eigenvalue weighted by atomic mass is 19.4. The number of rotatable bonds is 0. The van der Waals surface area contributed by atoms with E-state index in [1.807, 2.05) is 10.2 Å². The molecule has 3 aliphatic rings. The number of pyridine rings is 1. The van der Waals surface area contributed by atoms with Gasteiger partial charge in [-0.15, -0.1) is 0 Å². The third kappa shape index (κ3) is 3.37. The van der Waals surface area contributed by atoms with Crippen LogP contribution in [0.25, 0.3) is 5.65 Å². The number of carbonyl (C=O) groups is 1. The molecule has 1 saturated carbocycles. The Labute approximate surface area is 189 Å². The first kappa shape index (κ1) is 20.9. The molecule has 13 heteroatoms. The number of ether oxygens (including phenoxy) is 2. The van der Waals surface area contributed by atoms with Gasteiger partial charge < -0.3 is 19.7 Å². The zero-order valence-electron chi connectivity index (χ0n) is 17.5. The van der Waals surface area contributed by atoms with E-state index in [4.69, 9.17) is 9.47 Å². The second-order valence-corrected chi connectivity index (χ2v) is 8.53. The summed E-state index contributed by atoms with van der Waals surface area (Å²) in [4.78, 5) is 23.2. The topological polar surface area (TPSA) is 93.9 Å². The molecule has 1 amide bonds. The van der Waals surface area contributed by atoms with E-state index >= 15 is 0 Å². The van der Waals surface area contributed by atoms with Crippen LogP contribution in [0, 0.1) is 5.82 Å². The van der Waals surface area contributed by atoms with Gasteiger partial charge >= 0.3 is 6.18 Å². The summed E-state index contributed by atoms with van der Waals surface area (Å²) in [6, 6.07) is -1.24. The lowest BCUT2D eigenvalue weighted by molar-refractivity contribution is -0.159. The van der Waals surface area contributed by atoms with E-state index in [1.54, 1.807) is 6.20 Å². The lowest BCUT2D eigenvalue weighted by atomic mass is 10.1. The Hall–Kier alpha value is -3.64. The van der Waals surface area contributed by atoms with Crippen LogP contribution in [0.2, 0.25) is 0 Å². The number of hydrogen-bond acceptors (Lipinski definition) is 7. The molecular formula is C21H18F4N6O3. The molecule has 3 aromatic rings. The number of anilines is 1. The van der Waals surface area contributed by atoms with Gasteiger partial charge in [0.15, 0.2) is 23.3 Å². The van der Waals surface area contributed by atoms with E-state index in [2.05, 4.69) is 15.1 Å². The zero-order chi connectivity index (χ0) is 23.6. The average Bonchev–Trinajstić information content (AvgIpc) is 3.41. The molecule has 9 nitrogen and oxygen atoms in total. The summed E-state index contributed by atoms with van der Waals surface area (Å²) in [5.74, 6) is -0.976. The van der Waals surface area contributed by atoms with E-state index in [1.165, 1.54) is 10.6 Å². The fraction of sp³-hybridized carbons (Fsp3) is 0.429. The Morgan fingerprint density at radius 2 is 2.06 bits per heavy atom. The van der Waals surface area contributed by atoms with Gasteiger partial charge in [-0.05, 0) is 25.3 Å². The molecule has 0 saturated heterocycles. The number of fused-ring (bicyclic) bond motifs is 3. The van der Waals surface area contributed by atoms with Crippen LogP contribution in [0.5, 0.6) is 11.6 Å². The normalized spacial score (nSPS) is 24.3. The van der Waals surface area contributed by atoms with Crippen molar-refractivity contribution in [3.63, 3.8) is 0 Å². The van der Waals surface area contributed by atoms with Crippen molar-refractivity contribution in [1.82, 2.24) is 24.9 Å². The minimum absolute atomic E-state index is 0.0833. The predicted octanol–water partition coefficient (Wildman–Crippen LogP) is 2.64. The molecule has 178 valence electrons. The molecule has 0 radical (unpaired) electrons. The zero-order valence-corrected chi connectivity index (χ0v) is 17.5. The number of amides is 1. The van der Waals surface area contributed by atoms with Gasteiger partial charge in [0.25, 0.3) is 5.91 Å². The van der Waals surface area contributed by atoms with Crippen molar-refractivity contribution in [3.8, 4) is 11.6 Å². The molecule has 34 heavy (non-hydrogen) atoms. The number of halogens is 4. The highest BCUT2D eigenvalue weighted by molar-refractivity contribution is 6.00. The van der Waals surface area contributed by atoms with Gasteiger partial charge in [-0.1, -0.05) is 0 Å². The Bertz CT molecular complexity index is 1300. The van der Waals surface area contributed by atoms with Crippen molar-refractivity contribution >= 4 is 17.4 Å². The summed E-state index contributed by atoms with van der Waals surface area (Å²) < 4.78 is 68.0. The highest BCUT2D eigenvalue weighted by Crippen LogP contribution is 2.42. The fourth-order valence-electron chi connectivity index (χ4n) is 4.76. The molecule has 2 aliphatic heterocycles. The molecule has 2 bridgehead atoms. The summed E-state index contributed by atoms with van der Waals surface area (Å²) in [6.45, 7) is -0.848. The number of nitrogens with zero attached hydrogens (tertiary/aromatic N) is 5. The maximum atomic E-state index is 14.1. The van der Waals surface area contributed by atoms with Crippen molar-refractivity contribution in [2.24, 2.45) is 0 Å². The maximum Gasteiger partial charge on any atom is 0.411 e. The van der Waals surface area contributed by atoms with Gasteiger partial charge in [0, 0.05) is 5.56 Å². The third-order valence-corrected chi connectivity index (χ3v) is 6.37. The first-order valence-corrected chi connectivity index (χ1v) is 10.7. The minimum Gasteiger partial charge on any atom is -0.483 e. The van der Waals surface area contributed by atoms with E-state index in [0.29, 0.717) is 11.6 Å². The first-order valence-electron chi connectivity index (χ1n) is 10.7. The largest absolute Gasteiger partial charge is 0.483 e. The van der Waals surface area contributed by atoms with Crippen LogP contribution in [0.3, 0.4) is 0 Å². The molecule has 1 aliphatic carbocycles. The van der Waals surface area contributed by atoms with Crippen LogP contribution in [-0.4, -0.2) is 56.5 Å². The summed E-state index contributed by atoms with van der Waals surface area (Å²) in [5.41, 5.74) is 0.229. The molecule has 3 aromatic heterocycles. The van der Waals surface area contributed by atoms with Crippen molar-refractivity contribution < 1.29 is 31.8 Å². The Morgan fingerprint density at radius 3 is 2.88 bits per heavy atom. The van der Waals surface area contributed by atoms with Crippen molar-refractivity contribution in [1.29, 1.82) is 0 Å². The van der Waals surface area contributed by atoms with Gasteiger partial charge in [0.2, 0.25) is 5.88 Å². The van der Waals surface area contributed by atoms with Crippen molar-refractivity contribution in [3.05, 3.63) is 41.6 Å². The van der Waals surface area contributed by atoms with Crippen LogP contribution >= 0.6 is 0 Å². The molecule has 3 atom stereocenters. The Morgan fingerprint density at radius 1 is 1.21 bits per heavy atom. The molecular weight excluding hydrogens is 460 g/mol. The van der Waals surface area contributed by atoms with Gasteiger partial charge in [-0.3, -0.25) is 4.79 Å². The van der Waals surface area contributed by atoms with Gasteiger partial charge in [0.1, 0.15) is 24.1 Å². The summed E-state index contributed by atoms with van der Waals surface area (Å²) in [5, 5.41) is 6.04. The van der Waals surface area contributed by atoms with E-state index < -0.39 is 30.5 Å². The second kappa shape index (κ2) is 7.43. The summed E-state index contributed by atoms with van der Waals surface area (Å²) >= 11 is 0. The minimum atomic E-state index is -4.80. The number of carbonyl (C=O) groups excluding carboxylic acids is 1. The van der Waals surface area contributed by atoms with Crippen molar-refractivity contribution in [2.75, 3.05) is 11.5 Å². The van der Waals surface area contributed by atoms with Crippen molar-refractivity contribution in [2.45, 2.75) is 50.2 Å². The van der Waals surface area contributed by atoms with E-state index in [9.17, 15) is 22.4 Å². The molecule has 6 rings (SSSR count). The molecule has 0 aromatic carbocycles. The lowest BCUT2D eigenvalue weighted by Gasteiger charge is -2.39. The molecule has 1 N–H and O–H groups in total. The number of hydrogen-bond donors (Lipinski definition) is 1. The van der Waals surface area contributed by atoms with Crippen LogP contribution in [-0.2, 0) is 6.54 Å². The quantitative estimate of drug-likeness (QED) is 0.497. The third-order valence-electron chi connectivity index (χ3n) is 6.37. The number of alkyl halides is 3. The van der Waals surface area contributed by atoms with E-state index in [-0.39, 0.29) is 41.3 Å².